The summed E-state index contributed by atoms with van der Waals surface area (Å²) in [5.74, 6) is 0.524. The Balaban J connectivity index is 1.54. The number of nitrogens with zero attached hydrogens (tertiary/aromatic N) is 1. The van der Waals surface area contributed by atoms with Crippen molar-refractivity contribution in [2.24, 2.45) is 0 Å². The standard InChI is InChI=1S/C36H26BrNO2S/c37-29-22-20-25(21-23-29)32-24-36(28-16-8-3-9-17-28)38(30-18-10-11-19-31(30)41-32)35(39)33(26-12-4-1-5-13-26)34(40-36)27-14-6-2-7-15-27/h1-23,32H,24H2/t32-,36+/m1/s1. The molecule has 2 aliphatic rings. The van der Waals surface area contributed by atoms with Crippen LogP contribution in [-0.2, 0) is 15.3 Å². The molecule has 0 unspecified atom stereocenters. The number of carbonyl (C=O) groups is 1. The number of halogens is 1. The Morgan fingerprint density at radius 2 is 1.29 bits per heavy atom. The first-order valence-corrected chi connectivity index (χ1v) is 15.3. The fourth-order valence-electron chi connectivity index (χ4n) is 5.78. The molecule has 0 N–H and O–H groups in total. The molecule has 2 atom stereocenters. The van der Waals surface area contributed by atoms with E-state index in [1.165, 1.54) is 5.56 Å². The van der Waals surface area contributed by atoms with Crippen LogP contribution in [0.3, 0.4) is 0 Å². The number of hydrogen-bond acceptors (Lipinski definition) is 3. The summed E-state index contributed by atoms with van der Waals surface area (Å²) < 4.78 is 8.39. The molecule has 0 bridgehead atoms. The van der Waals surface area contributed by atoms with Gasteiger partial charge in [-0.25, -0.2) is 0 Å². The SMILES string of the molecule is O=C1C(c2ccccc2)=C(c2ccccc2)O[C@]2(c3ccccc3)C[C@H](c3ccc(Br)cc3)Sc3ccccc3N12. The van der Waals surface area contributed by atoms with E-state index in [4.69, 9.17) is 4.74 Å². The van der Waals surface area contributed by atoms with Gasteiger partial charge in [-0.05, 0) is 35.4 Å². The van der Waals surface area contributed by atoms with Crippen LogP contribution in [0.25, 0.3) is 11.3 Å². The second kappa shape index (κ2) is 10.7. The minimum absolute atomic E-state index is 0.0255. The van der Waals surface area contributed by atoms with Gasteiger partial charge in [0.1, 0.15) is 5.76 Å². The molecule has 7 rings (SSSR count). The van der Waals surface area contributed by atoms with Gasteiger partial charge in [-0.15, -0.1) is 11.8 Å². The number of amides is 1. The highest BCUT2D eigenvalue weighted by atomic mass is 79.9. The molecule has 0 aromatic heterocycles. The van der Waals surface area contributed by atoms with Gasteiger partial charge in [0.15, 0.2) is 0 Å². The molecule has 0 saturated heterocycles. The van der Waals surface area contributed by atoms with Gasteiger partial charge >= 0.3 is 0 Å². The van der Waals surface area contributed by atoms with Crippen molar-refractivity contribution in [2.75, 3.05) is 4.90 Å². The summed E-state index contributed by atoms with van der Waals surface area (Å²) in [6.07, 6.45) is 0.558. The highest BCUT2D eigenvalue weighted by Gasteiger charge is 2.54. The van der Waals surface area contributed by atoms with E-state index in [-0.39, 0.29) is 11.2 Å². The van der Waals surface area contributed by atoms with Crippen LogP contribution in [0.2, 0.25) is 0 Å². The lowest BCUT2D eigenvalue weighted by molar-refractivity contribution is -0.120. The van der Waals surface area contributed by atoms with Crippen molar-refractivity contribution in [2.45, 2.75) is 22.3 Å². The van der Waals surface area contributed by atoms with E-state index in [1.54, 1.807) is 11.8 Å². The van der Waals surface area contributed by atoms with Crippen molar-refractivity contribution in [1.29, 1.82) is 0 Å². The van der Waals surface area contributed by atoms with Crippen molar-refractivity contribution in [3.05, 3.63) is 166 Å². The molecule has 41 heavy (non-hydrogen) atoms. The minimum Gasteiger partial charge on any atom is -0.462 e. The van der Waals surface area contributed by atoms with Gasteiger partial charge in [-0.1, -0.05) is 131 Å². The highest BCUT2D eigenvalue weighted by Crippen LogP contribution is 2.58. The van der Waals surface area contributed by atoms with Crippen LogP contribution < -0.4 is 4.90 Å². The molecule has 1 amide bonds. The number of hydrogen-bond donors (Lipinski definition) is 0. The lowest BCUT2D eigenvalue weighted by Gasteiger charge is -2.48. The zero-order valence-electron chi connectivity index (χ0n) is 22.1. The van der Waals surface area contributed by atoms with Gasteiger partial charge in [0.05, 0.1) is 11.3 Å². The third-order valence-electron chi connectivity index (χ3n) is 7.68. The van der Waals surface area contributed by atoms with Crippen LogP contribution in [0, 0.1) is 0 Å². The van der Waals surface area contributed by atoms with E-state index < -0.39 is 5.72 Å². The van der Waals surface area contributed by atoms with Gasteiger partial charge in [-0.3, -0.25) is 9.69 Å². The second-order valence-electron chi connectivity index (χ2n) is 10.2. The summed E-state index contributed by atoms with van der Waals surface area (Å²) in [5.41, 5.74) is 4.15. The number of benzene rings is 5. The summed E-state index contributed by atoms with van der Waals surface area (Å²) in [7, 11) is 0. The van der Waals surface area contributed by atoms with Crippen LogP contribution in [0.1, 0.15) is 33.9 Å². The maximum absolute atomic E-state index is 15.1. The van der Waals surface area contributed by atoms with Crippen LogP contribution in [0.4, 0.5) is 5.69 Å². The van der Waals surface area contributed by atoms with Crippen LogP contribution in [0.15, 0.2) is 149 Å². The normalized spacial score (nSPS) is 20.1. The van der Waals surface area contributed by atoms with Crippen LogP contribution in [-0.4, -0.2) is 5.91 Å². The fourth-order valence-corrected chi connectivity index (χ4v) is 7.39. The highest BCUT2D eigenvalue weighted by molar-refractivity contribution is 9.10. The van der Waals surface area contributed by atoms with E-state index in [0.717, 1.165) is 31.7 Å². The Morgan fingerprint density at radius 3 is 1.98 bits per heavy atom. The first-order valence-electron chi connectivity index (χ1n) is 13.6. The zero-order valence-corrected chi connectivity index (χ0v) is 24.5. The average Bonchev–Trinajstić information content (AvgIpc) is 3.18. The van der Waals surface area contributed by atoms with Crippen LogP contribution in [0.5, 0.6) is 0 Å². The maximum Gasteiger partial charge on any atom is 0.266 e. The van der Waals surface area contributed by atoms with Gasteiger partial charge < -0.3 is 4.74 Å². The van der Waals surface area contributed by atoms with Gasteiger partial charge in [-0.2, -0.15) is 0 Å². The van der Waals surface area contributed by atoms with Gasteiger partial charge in [0, 0.05) is 32.2 Å². The number of anilines is 1. The molecular weight excluding hydrogens is 590 g/mol. The lowest BCUT2D eigenvalue weighted by atomic mass is 9.87. The first kappa shape index (κ1) is 25.9. The Kier molecular flexibility index (Phi) is 6.77. The predicted octanol–water partition coefficient (Wildman–Crippen LogP) is 9.47. The Labute approximate surface area is 252 Å². The molecule has 2 aliphatic heterocycles. The molecule has 200 valence electrons. The van der Waals surface area contributed by atoms with Crippen molar-refractivity contribution in [3.8, 4) is 0 Å². The Morgan fingerprint density at radius 1 is 0.707 bits per heavy atom. The van der Waals surface area contributed by atoms with E-state index in [9.17, 15) is 0 Å². The fraction of sp³-hybridized carbons (Fsp3) is 0.0833. The van der Waals surface area contributed by atoms with Gasteiger partial charge in [0.2, 0.25) is 5.72 Å². The molecular formula is C36H26BrNO2S. The summed E-state index contributed by atoms with van der Waals surface area (Å²) in [6, 6.07) is 46.7. The second-order valence-corrected chi connectivity index (χ2v) is 12.3. The predicted molar refractivity (Wildman–Crippen MR) is 170 cm³/mol. The number of thioether (sulfide) groups is 1. The first-order chi connectivity index (χ1) is 20.1. The monoisotopic (exact) mass is 615 g/mol. The maximum atomic E-state index is 15.1. The zero-order chi connectivity index (χ0) is 27.8. The quantitative estimate of drug-likeness (QED) is 0.202. The van der Waals surface area contributed by atoms with Gasteiger partial charge in [0.25, 0.3) is 5.91 Å². The van der Waals surface area contributed by atoms with Crippen molar-refractivity contribution >= 4 is 50.6 Å². The van der Waals surface area contributed by atoms with E-state index in [2.05, 4.69) is 58.4 Å². The van der Waals surface area contributed by atoms with Crippen molar-refractivity contribution in [1.82, 2.24) is 0 Å². The molecule has 0 saturated carbocycles. The number of ether oxygens (including phenoxy) is 1. The summed E-state index contributed by atoms with van der Waals surface area (Å²) >= 11 is 5.38. The largest absolute Gasteiger partial charge is 0.462 e. The molecule has 2 heterocycles. The summed E-state index contributed by atoms with van der Waals surface area (Å²) in [6.45, 7) is 0. The number of fused-ring (bicyclic) bond motifs is 3. The van der Waals surface area contributed by atoms with Crippen LogP contribution >= 0.6 is 27.7 Å². The topological polar surface area (TPSA) is 29.5 Å². The van der Waals surface area contributed by atoms with Crippen molar-refractivity contribution in [3.63, 3.8) is 0 Å². The van der Waals surface area contributed by atoms with E-state index in [0.29, 0.717) is 17.8 Å². The summed E-state index contributed by atoms with van der Waals surface area (Å²) in [4.78, 5) is 18.1. The molecule has 0 fully saturated rings. The summed E-state index contributed by atoms with van der Waals surface area (Å²) in [5, 5.41) is 0.0255. The molecule has 5 aromatic carbocycles. The number of rotatable bonds is 4. The Hall–Kier alpha value is -4.06. The number of para-hydroxylation sites is 1. The van der Waals surface area contributed by atoms with E-state index in [1.807, 2.05) is 102 Å². The lowest BCUT2D eigenvalue weighted by Crippen LogP contribution is -2.55. The smallest absolute Gasteiger partial charge is 0.266 e. The Bertz CT molecular complexity index is 1740. The van der Waals surface area contributed by atoms with Crippen molar-refractivity contribution < 1.29 is 9.53 Å². The molecule has 0 spiro atoms. The molecule has 5 heteroatoms. The molecule has 0 aliphatic carbocycles. The third-order valence-corrected chi connectivity index (χ3v) is 9.53. The molecule has 5 aromatic rings. The van der Waals surface area contributed by atoms with E-state index >= 15 is 4.79 Å². The minimum atomic E-state index is -1.08. The number of carbonyl (C=O) groups excluding carboxylic acids is 1. The molecule has 0 radical (unpaired) electrons. The molecule has 3 nitrogen and oxygen atoms in total. The third kappa shape index (κ3) is 4.59. The average molecular weight is 617 g/mol.